The Morgan fingerprint density at radius 1 is 1.45 bits per heavy atom. The molecule has 0 atom stereocenters. The number of rotatable bonds is 0. The average Bonchev–Trinajstić information content (AvgIpc) is 2.41. The number of nitrogens with one attached hydrogen (secondary N) is 1. The van der Waals surface area contributed by atoms with Gasteiger partial charge in [-0.05, 0) is 34.7 Å². The molecule has 58 valence electrons. The van der Waals surface area contributed by atoms with Gasteiger partial charge in [-0.15, -0.1) is 0 Å². The van der Waals surface area contributed by atoms with Crippen LogP contribution in [0.25, 0.3) is 6.08 Å². The predicted molar refractivity (Wildman–Crippen MR) is 50.0 cm³/mol. The Morgan fingerprint density at radius 2 is 2.18 bits per heavy atom. The van der Waals surface area contributed by atoms with Gasteiger partial charge in [0.05, 0.1) is 10.6 Å². The molecule has 0 unspecified atom stereocenters. The van der Waals surface area contributed by atoms with Crippen molar-refractivity contribution >= 4 is 38.5 Å². The first kappa shape index (κ1) is 7.35. The third-order valence-corrected chi connectivity index (χ3v) is 5.16. The monoisotopic (exact) mass is 281 g/mol. The Morgan fingerprint density at radius 3 is 2.82 bits per heavy atom. The van der Waals surface area contributed by atoms with Crippen LogP contribution in [0.5, 0.6) is 0 Å². The van der Waals surface area contributed by atoms with Crippen molar-refractivity contribution in [2.75, 3.05) is 0 Å². The van der Waals surface area contributed by atoms with Crippen LogP contribution >= 0.6 is 22.6 Å². The molecule has 0 saturated heterocycles. The largest absolute Gasteiger partial charge is 0.361 e. The highest BCUT2D eigenvalue weighted by Crippen LogP contribution is 2.35. The van der Waals surface area contributed by atoms with Crippen molar-refractivity contribution in [2.24, 2.45) is 0 Å². The zero-order valence-corrected chi connectivity index (χ0v) is 8.31. The van der Waals surface area contributed by atoms with Crippen molar-refractivity contribution < 1.29 is 8.42 Å². The van der Waals surface area contributed by atoms with Gasteiger partial charge in [0, 0.05) is 6.20 Å². The molecular formula is C6H4INO2S. The van der Waals surface area contributed by atoms with E-state index < -0.39 is 9.84 Å². The first-order chi connectivity index (χ1) is 5.12. The van der Waals surface area contributed by atoms with E-state index >= 15 is 0 Å². The molecule has 1 aromatic heterocycles. The fourth-order valence-electron chi connectivity index (χ4n) is 1.01. The molecule has 0 aromatic carbocycles. The first-order valence-electron chi connectivity index (χ1n) is 2.92. The zero-order valence-electron chi connectivity index (χ0n) is 5.33. The Kier molecular flexibility index (Phi) is 1.40. The molecule has 0 fully saturated rings. The molecule has 0 radical (unpaired) electrons. The molecular weight excluding hydrogens is 277 g/mol. The number of hydrogen-bond donors (Lipinski definition) is 1. The number of aromatic amines is 1. The van der Waals surface area contributed by atoms with Crippen molar-refractivity contribution in [3.63, 3.8) is 0 Å². The number of sulfone groups is 1. The molecule has 0 spiro atoms. The molecule has 0 saturated carbocycles. The van der Waals surface area contributed by atoms with Crippen molar-refractivity contribution in [1.29, 1.82) is 0 Å². The van der Waals surface area contributed by atoms with E-state index in [1.54, 1.807) is 18.3 Å². The van der Waals surface area contributed by atoms with Gasteiger partial charge in [0.15, 0.2) is 0 Å². The van der Waals surface area contributed by atoms with Crippen LogP contribution < -0.4 is 0 Å². The second kappa shape index (κ2) is 2.10. The Balaban J connectivity index is 2.85. The van der Waals surface area contributed by atoms with Crippen LogP contribution in [0, 0.1) is 0 Å². The molecule has 1 N–H and O–H groups in total. The first-order valence-corrected chi connectivity index (χ1v) is 5.48. The van der Waals surface area contributed by atoms with E-state index in [9.17, 15) is 8.42 Å². The highest BCUT2D eigenvalue weighted by atomic mass is 127. The second-order valence-corrected chi connectivity index (χ2v) is 5.99. The van der Waals surface area contributed by atoms with Crippen LogP contribution in [0.1, 0.15) is 5.69 Å². The zero-order chi connectivity index (χ0) is 8.06. The molecule has 1 aromatic rings. The van der Waals surface area contributed by atoms with E-state index in [0.717, 1.165) is 0 Å². The van der Waals surface area contributed by atoms with Gasteiger partial charge >= 0.3 is 0 Å². The van der Waals surface area contributed by atoms with Gasteiger partial charge < -0.3 is 4.98 Å². The highest BCUT2D eigenvalue weighted by molar-refractivity contribution is 14.1. The molecule has 11 heavy (non-hydrogen) atoms. The molecule has 5 heteroatoms. The molecule has 1 aliphatic rings. The van der Waals surface area contributed by atoms with E-state index in [2.05, 4.69) is 4.98 Å². The van der Waals surface area contributed by atoms with E-state index in [-0.39, 0.29) is 0 Å². The van der Waals surface area contributed by atoms with E-state index in [1.807, 2.05) is 22.6 Å². The lowest BCUT2D eigenvalue weighted by molar-refractivity contribution is 0.605. The second-order valence-electron chi connectivity index (χ2n) is 2.21. The average molecular weight is 281 g/mol. The number of fused-ring (bicyclic) bond motifs is 1. The molecule has 3 nitrogen and oxygen atoms in total. The fraction of sp³-hybridized carbons (Fsp3) is 0. The van der Waals surface area contributed by atoms with Crippen LogP contribution in [-0.4, -0.2) is 13.4 Å². The summed E-state index contributed by atoms with van der Waals surface area (Å²) in [5.41, 5.74) is 0.689. The van der Waals surface area contributed by atoms with Gasteiger partial charge in [0.1, 0.15) is 2.91 Å². The third-order valence-electron chi connectivity index (χ3n) is 1.54. The number of halogens is 1. The number of aromatic nitrogens is 1. The third kappa shape index (κ3) is 0.871. The maximum atomic E-state index is 11.3. The highest BCUT2D eigenvalue weighted by Gasteiger charge is 2.28. The standard InChI is InChI=1S/C6H4INO2S/c7-6-3-4-5(1-2-8-4)11(6,9)10/h1-3,8H. The van der Waals surface area contributed by atoms with Crippen molar-refractivity contribution in [3.8, 4) is 0 Å². The van der Waals surface area contributed by atoms with Crippen LogP contribution in [-0.2, 0) is 9.84 Å². The summed E-state index contributed by atoms with van der Waals surface area (Å²) in [6.07, 6.45) is 3.26. The topological polar surface area (TPSA) is 49.9 Å². The summed E-state index contributed by atoms with van der Waals surface area (Å²) in [5, 5.41) is 0. The summed E-state index contributed by atoms with van der Waals surface area (Å²) in [6.45, 7) is 0. The lowest BCUT2D eigenvalue weighted by atomic mass is 10.4. The molecule has 0 bridgehead atoms. The van der Waals surface area contributed by atoms with Crippen LogP contribution in [0.2, 0.25) is 0 Å². The maximum Gasteiger partial charge on any atom is 0.214 e. The van der Waals surface area contributed by atoms with Gasteiger partial charge in [-0.3, -0.25) is 0 Å². The lowest BCUT2D eigenvalue weighted by Crippen LogP contribution is -1.93. The van der Waals surface area contributed by atoms with Crippen LogP contribution in [0.3, 0.4) is 0 Å². The van der Waals surface area contributed by atoms with E-state index in [1.165, 1.54) is 0 Å². The van der Waals surface area contributed by atoms with Gasteiger partial charge in [0.2, 0.25) is 9.84 Å². The van der Waals surface area contributed by atoms with E-state index in [4.69, 9.17) is 0 Å². The smallest absolute Gasteiger partial charge is 0.214 e. The number of hydrogen-bond acceptors (Lipinski definition) is 2. The van der Waals surface area contributed by atoms with Crippen molar-refractivity contribution in [1.82, 2.24) is 4.98 Å². The Labute approximate surface area is 77.6 Å². The predicted octanol–water partition coefficient (Wildman–Crippen LogP) is 1.54. The van der Waals surface area contributed by atoms with Crippen molar-refractivity contribution in [2.45, 2.75) is 4.90 Å². The minimum Gasteiger partial charge on any atom is -0.361 e. The summed E-state index contributed by atoms with van der Waals surface area (Å²) >= 11 is 1.82. The molecule has 0 aliphatic carbocycles. The number of H-pyrrole nitrogens is 1. The van der Waals surface area contributed by atoms with Crippen LogP contribution in [0.4, 0.5) is 0 Å². The summed E-state index contributed by atoms with van der Waals surface area (Å²) in [5.74, 6) is 0. The Hall–Kier alpha value is -0.300. The fourth-order valence-corrected chi connectivity index (χ4v) is 3.17. The SMILES string of the molecule is O=S1(=O)C(I)=Cc2[nH]ccc21. The summed E-state index contributed by atoms with van der Waals surface area (Å²) in [6, 6.07) is 1.58. The molecule has 2 heterocycles. The minimum atomic E-state index is -3.12. The van der Waals surface area contributed by atoms with Crippen LogP contribution in [0.15, 0.2) is 20.1 Å². The van der Waals surface area contributed by atoms with Gasteiger partial charge in [-0.25, -0.2) is 8.42 Å². The van der Waals surface area contributed by atoms with Gasteiger partial charge in [-0.2, -0.15) is 0 Å². The molecule has 1 aliphatic heterocycles. The summed E-state index contributed by atoms with van der Waals surface area (Å²) in [7, 11) is -3.12. The molecule has 2 rings (SSSR count). The normalized spacial score (nSPS) is 19.5. The van der Waals surface area contributed by atoms with Gasteiger partial charge in [0.25, 0.3) is 0 Å². The maximum absolute atomic E-state index is 11.3. The van der Waals surface area contributed by atoms with Gasteiger partial charge in [-0.1, -0.05) is 0 Å². The Bertz CT molecular complexity index is 429. The molecule has 0 amide bonds. The van der Waals surface area contributed by atoms with E-state index in [0.29, 0.717) is 13.5 Å². The quantitative estimate of drug-likeness (QED) is 0.733. The summed E-state index contributed by atoms with van der Waals surface area (Å²) in [4.78, 5) is 3.23. The van der Waals surface area contributed by atoms with Crippen molar-refractivity contribution in [3.05, 3.63) is 20.9 Å². The summed E-state index contributed by atoms with van der Waals surface area (Å²) < 4.78 is 23.1. The minimum absolute atomic E-state index is 0.386. The lowest BCUT2D eigenvalue weighted by Gasteiger charge is -1.90.